The summed E-state index contributed by atoms with van der Waals surface area (Å²) in [6.45, 7) is 0.804. The van der Waals surface area contributed by atoms with Gasteiger partial charge in [-0.05, 0) is 42.6 Å². The molecule has 3 rings (SSSR count). The van der Waals surface area contributed by atoms with Crippen LogP contribution < -0.4 is 0 Å². The maximum absolute atomic E-state index is 12.4. The summed E-state index contributed by atoms with van der Waals surface area (Å²) < 4.78 is 3.99. The van der Waals surface area contributed by atoms with Crippen molar-refractivity contribution in [3.63, 3.8) is 0 Å². The van der Waals surface area contributed by atoms with E-state index in [-0.39, 0.29) is 11.9 Å². The van der Waals surface area contributed by atoms with Gasteiger partial charge in [0.05, 0.1) is 11.7 Å². The minimum atomic E-state index is 0.0747. The van der Waals surface area contributed by atoms with Crippen LogP contribution in [-0.4, -0.2) is 26.7 Å². The van der Waals surface area contributed by atoms with E-state index in [1.54, 1.807) is 18.5 Å². The summed E-state index contributed by atoms with van der Waals surface area (Å²) in [5.41, 5.74) is 0.980. The van der Waals surface area contributed by atoms with Crippen LogP contribution in [0.5, 0.6) is 0 Å². The number of amides is 1. The number of hydrogen-bond acceptors (Lipinski definition) is 4. The SMILES string of the molecule is O=C(c1ccns1)N1CCCC1c1ccccn1. The van der Waals surface area contributed by atoms with E-state index in [2.05, 4.69) is 9.36 Å². The van der Waals surface area contributed by atoms with Crippen LogP contribution in [0.25, 0.3) is 0 Å². The predicted molar refractivity (Wildman–Crippen MR) is 69.4 cm³/mol. The van der Waals surface area contributed by atoms with Gasteiger partial charge in [0, 0.05) is 18.9 Å². The van der Waals surface area contributed by atoms with E-state index in [1.165, 1.54) is 11.5 Å². The van der Waals surface area contributed by atoms with Gasteiger partial charge < -0.3 is 4.90 Å². The van der Waals surface area contributed by atoms with Crippen molar-refractivity contribution in [3.05, 3.63) is 47.2 Å². The minimum Gasteiger partial charge on any atom is -0.329 e. The highest BCUT2D eigenvalue weighted by Gasteiger charge is 2.31. The van der Waals surface area contributed by atoms with Crippen LogP contribution in [0.2, 0.25) is 0 Å². The number of hydrogen-bond donors (Lipinski definition) is 0. The molecule has 0 radical (unpaired) electrons. The monoisotopic (exact) mass is 259 g/mol. The molecule has 0 aromatic carbocycles. The van der Waals surface area contributed by atoms with Gasteiger partial charge >= 0.3 is 0 Å². The summed E-state index contributed by atoms with van der Waals surface area (Å²) in [4.78, 5) is 19.3. The van der Waals surface area contributed by atoms with Crippen molar-refractivity contribution in [2.75, 3.05) is 6.54 Å². The van der Waals surface area contributed by atoms with E-state index >= 15 is 0 Å². The zero-order valence-corrected chi connectivity index (χ0v) is 10.6. The molecule has 3 heterocycles. The molecule has 1 saturated heterocycles. The van der Waals surface area contributed by atoms with E-state index in [4.69, 9.17) is 0 Å². The lowest BCUT2D eigenvalue weighted by Crippen LogP contribution is -2.30. The van der Waals surface area contributed by atoms with E-state index < -0.39 is 0 Å². The summed E-state index contributed by atoms with van der Waals surface area (Å²) in [6, 6.07) is 7.74. The van der Waals surface area contributed by atoms with Gasteiger partial charge in [0.15, 0.2) is 0 Å². The number of pyridine rings is 1. The molecule has 18 heavy (non-hydrogen) atoms. The standard InChI is InChI=1S/C13H13N3OS/c17-13(12-6-8-15-18-12)16-9-3-5-11(16)10-4-1-2-7-14-10/h1-2,4,6-8,11H,3,5,9H2. The maximum atomic E-state index is 12.4. The molecular weight excluding hydrogens is 246 g/mol. The molecule has 0 spiro atoms. The van der Waals surface area contributed by atoms with Gasteiger partial charge in [-0.3, -0.25) is 9.78 Å². The Morgan fingerprint density at radius 1 is 1.33 bits per heavy atom. The summed E-state index contributed by atoms with van der Waals surface area (Å²) in [5, 5.41) is 0. The van der Waals surface area contributed by atoms with Crippen molar-refractivity contribution >= 4 is 17.4 Å². The van der Waals surface area contributed by atoms with E-state index in [9.17, 15) is 4.79 Å². The second-order valence-electron chi connectivity index (χ2n) is 4.29. The molecule has 1 aliphatic rings. The van der Waals surface area contributed by atoms with E-state index in [0.29, 0.717) is 4.88 Å². The highest BCUT2D eigenvalue weighted by molar-refractivity contribution is 7.08. The smallest absolute Gasteiger partial charge is 0.266 e. The number of rotatable bonds is 2. The van der Waals surface area contributed by atoms with Gasteiger partial charge in [0.1, 0.15) is 4.88 Å². The number of carbonyl (C=O) groups is 1. The fourth-order valence-corrected chi connectivity index (χ4v) is 2.91. The van der Waals surface area contributed by atoms with Crippen molar-refractivity contribution in [3.8, 4) is 0 Å². The van der Waals surface area contributed by atoms with Crippen LogP contribution >= 0.6 is 11.5 Å². The fourth-order valence-electron chi connectivity index (χ4n) is 2.36. The second-order valence-corrected chi connectivity index (χ2v) is 5.12. The second kappa shape index (κ2) is 4.86. The van der Waals surface area contributed by atoms with Crippen molar-refractivity contribution in [2.45, 2.75) is 18.9 Å². The Morgan fingerprint density at radius 3 is 3.00 bits per heavy atom. The molecule has 1 fully saturated rings. The third kappa shape index (κ3) is 2.01. The lowest BCUT2D eigenvalue weighted by Gasteiger charge is -2.23. The molecule has 92 valence electrons. The molecule has 1 amide bonds. The third-order valence-corrected chi connectivity index (χ3v) is 3.93. The van der Waals surface area contributed by atoms with Gasteiger partial charge in [-0.2, -0.15) is 0 Å². The van der Waals surface area contributed by atoms with Gasteiger partial charge in [0.2, 0.25) is 0 Å². The molecule has 2 aromatic heterocycles. The third-order valence-electron chi connectivity index (χ3n) is 3.19. The molecule has 1 atom stereocenters. The maximum Gasteiger partial charge on any atom is 0.266 e. The van der Waals surface area contributed by atoms with Gasteiger partial charge in [0.25, 0.3) is 5.91 Å². The first-order valence-corrected chi connectivity index (χ1v) is 6.76. The first-order chi connectivity index (χ1) is 8.86. The van der Waals surface area contributed by atoms with Gasteiger partial charge in [-0.25, -0.2) is 4.37 Å². The fraction of sp³-hybridized carbons (Fsp3) is 0.308. The number of likely N-dealkylation sites (tertiary alicyclic amines) is 1. The van der Waals surface area contributed by atoms with Gasteiger partial charge in [-0.15, -0.1) is 0 Å². The molecule has 0 N–H and O–H groups in total. The predicted octanol–water partition coefficient (Wildman–Crippen LogP) is 2.52. The highest BCUT2D eigenvalue weighted by Crippen LogP contribution is 2.32. The molecule has 0 bridgehead atoms. The van der Waals surface area contributed by atoms with Crippen LogP contribution in [0.4, 0.5) is 0 Å². The lowest BCUT2D eigenvalue weighted by molar-refractivity contribution is 0.0738. The Bertz CT molecular complexity index is 526. The zero-order valence-electron chi connectivity index (χ0n) is 9.82. The number of carbonyl (C=O) groups excluding carboxylic acids is 1. The topological polar surface area (TPSA) is 46.1 Å². The average molecular weight is 259 g/mol. The molecule has 4 nitrogen and oxygen atoms in total. The Hall–Kier alpha value is -1.75. The molecule has 1 unspecified atom stereocenters. The van der Waals surface area contributed by atoms with Crippen molar-refractivity contribution in [1.29, 1.82) is 0 Å². The summed E-state index contributed by atoms with van der Waals surface area (Å²) >= 11 is 1.25. The lowest BCUT2D eigenvalue weighted by atomic mass is 10.1. The van der Waals surface area contributed by atoms with Crippen molar-refractivity contribution < 1.29 is 4.79 Å². The zero-order chi connectivity index (χ0) is 12.4. The quantitative estimate of drug-likeness (QED) is 0.832. The number of aromatic nitrogens is 2. The van der Waals surface area contributed by atoms with Crippen LogP contribution in [0, 0.1) is 0 Å². The molecule has 0 aliphatic carbocycles. The average Bonchev–Trinajstić information content (AvgIpc) is 3.10. The summed E-state index contributed by atoms with van der Waals surface area (Å²) in [7, 11) is 0. The Labute approximate surface area is 109 Å². The Morgan fingerprint density at radius 2 is 2.28 bits per heavy atom. The van der Waals surface area contributed by atoms with Crippen molar-refractivity contribution in [2.24, 2.45) is 0 Å². The van der Waals surface area contributed by atoms with Crippen LogP contribution in [0.1, 0.15) is 34.2 Å². The summed E-state index contributed by atoms with van der Waals surface area (Å²) in [6.07, 6.45) is 5.47. The van der Waals surface area contributed by atoms with Gasteiger partial charge in [-0.1, -0.05) is 6.07 Å². The highest BCUT2D eigenvalue weighted by atomic mass is 32.1. The van der Waals surface area contributed by atoms with Crippen LogP contribution in [0.3, 0.4) is 0 Å². The number of nitrogens with zero attached hydrogens (tertiary/aromatic N) is 3. The van der Waals surface area contributed by atoms with Crippen molar-refractivity contribution in [1.82, 2.24) is 14.3 Å². The first kappa shape index (κ1) is 11.3. The molecule has 1 aliphatic heterocycles. The largest absolute Gasteiger partial charge is 0.329 e. The molecule has 2 aromatic rings. The first-order valence-electron chi connectivity index (χ1n) is 5.99. The molecular formula is C13H13N3OS. The Balaban J connectivity index is 1.86. The minimum absolute atomic E-state index is 0.0747. The molecule has 5 heteroatoms. The van der Waals surface area contributed by atoms with Crippen LogP contribution in [0.15, 0.2) is 36.7 Å². The van der Waals surface area contributed by atoms with Crippen LogP contribution in [-0.2, 0) is 0 Å². The normalized spacial score (nSPS) is 19.1. The Kier molecular flexibility index (Phi) is 3.06. The van der Waals surface area contributed by atoms with E-state index in [0.717, 1.165) is 25.1 Å². The molecule has 0 saturated carbocycles. The summed E-state index contributed by atoms with van der Waals surface area (Å²) in [5.74, 6) is 0.0747. The van der Waals surface area contributed by atoms with E-state index in [1.807, 2.05) is 23.1 Å².